The molecule has 1 amide bonds. The van der Waals surface area contributed by atoms with E-state index >= 15 is 0 Å². The summed E-state index contributed by atoms with van der Waals surface area (Å²) >= 11 is 0. The minimum absolute atomic E-state index is 0.315. The summed E-state index contributed by atoms with van der Waals surface area (Å²) in [5, 5.41) is 9.20. The molecule has 72 valence electrons. The number of rotatable bonds is 2. The molecule has 0 aromatic heterocycles. The van der Waals surface area contributed by atoms with Crippen LogP contribution in [0.1, 0.15) is 19.8 Å². The summed E-state index contributed by atoms with van der Waals surface area (Å²) in [7, 11) is 0. The van der Waals surface area contributed by atoms with Gasteiger partial charge in [-0.25, -0.2) is 0 Å². The van der Waals surface area contributed by atoms with Gasteiger partial charge in [-0.2, -0.15) is 0 Å². The molecule has 1 rings (SSSR count). The van der Waals surface area contributed by atoms with Gasteiger partial charge < -0.3 is 10.0 Å². The van der Waals surface area contributed by atoms with E-state index in [0.717, 1.165) is 18.9 Å². The van der Waals surface area contributed by atoms with Gasteiger partial charge in [0.05, 0.1) is 0 Å². The zero-order valence-corrected chi connectivity index (χ0v) is 7.62. The Morgan fingerprint density at radius 1 is 1.31 bits per heavy atom. The Hall–Kier alpha value is -1.32. The van der Waals surface area contributed by atoms with Gasteiger partial charge >= 0.3 is 0 Å². The molecule has 4 nitrogen and oxygen atoms in total. The fourth-order valence-corrected chi connectivity index (χ4v) is 1.34. The number of allylic oxidation sites excluding steroid dienone is 1. The average Bonchev–Trinajstić information content (AvgIpc) is 2.53. The van der Waals surface area contributed by atoms with Gasteiger partial charge in [-0.05, 0) is 19.8 Å². The van der Waals surface area contributed by atoms with Crippen LogP contribution in [-0.2, 0) is 9.59 Å². The molecule has 1 heterocycles. The lowest BCUT2D eigenvalue weighted by molar-refractivity contribution is -0.129. The minimum atomic E-state index is -0.450. The van der Waals surface area contributed by atoms with Crippen LogP contribution in [0.4, 0.5) is 0 Å². The van der Waals surface area contributed by atoms with Crippen molar-refractivity contribution in [1.29, 1.82) is 0 Å². The monoisotopic (exact) mass is 183 g/mol. The second-order valence-electron chi connectivity index (χ2n) is 3.14. The lowest BCUT2D eigenvalue weighted by Gasteiger charge is -2.13. The van der Waals surface area contributed by atoms with Crippen molar-refractivity contribution in [1.82, 2.24) is 4.90 Å². The fraction of sp³-hybridized carbons (Fsp3) is 0.556. The number of likely N-dealkylation sites (tertiary alicyclic amines) is 1. The summed E-state index contributed by atoms with van der Waals surface area (Å²) in [6.07, 6.45) is 2.90. The maximum Gasteiger partial charge on any atom is 0.288 e. The summed E-state index contributed by atoms with van der Waals surface area (Å²) in [6, 6.07) is 0. The van der Waals surface area contributed by atoms with Crippen molar-refractivity contribution in [2.24, 2.45) is 0 Å². The zero-order chi connectivity index (χ0) is 9.84. The quantitative estimate of drug-likeness (QED) is 0.505. The first kappa shape index (κ1) is 9.77. The average molecular weight is 183 g/mol. The van der Waals surface area contributed by atoms with E-state index in [2.05, 4.69) is 0 Å². The predicted molar refractivity (Wildman–Crippen MR) is 47.2 cm³/mol. The summed E-state index contributed by atoms with van der Waals surface area (Å²) in [5.41, 5.74) is 0. The largest absolute Gasteiger partial charge is 0.503 e. The van der Waals surface area contributed by atoms with Gasteiger partial charge in [0.25, 0.3) is 5.91 Å². The Labute approximate surface area is 76.8 Å². The van der Waals surface area contributed by atoms with Crippen molar-refractivity contribution in [2.75, 3.05) is 13.1 Å². The summed E-state index contributed by atoms with van der Waals surface area (Å²) in [4.78, 5) is 23.5. The minimum Gasteiger partial charge on any atom is -0.503 e. The number of hydrogen-bond donors (Lipinski definition) is 1. The topological polar surface area (TPSA) is 57.6 Å². The second-order valence-corrected chi connectivity index (χ2v) is 3.14. The third kappa shape index (κ3) is 2.57. The number of carbonyl (C=O) groups excluding carboxylic acids is 2. The van der Waals surface area contributed by atoms with Crippen LogP contribution in [0.15, 0.2) is 11.8 Å². The Morgan fingerprint density at radius 3 is 2.31 bits per heavy atom. The Bertz CT molecular complexity index is 252. The van der Waals surface area contributed by atoms with Crippen LogP contribution in [0, 0.1) is 0 Å². The molecule has 0 unspecified atom stereocenters. The molecule has 1 aliphatic rings. The van der Waals surface area contributed by atoms with Gasteiger partial charge in [0.15, 0.2) is 11.5 Å². The number of carbonyl (C=O) groups is 2. The molecule has 0 spiro atoms. The van der Waals surface area contributed by atoms with Crippen molar-refractivity contribution < 1.29 is 14.7 Å². The highest BCUT2D eigenvalue weighted by atomic mass is 16.3. The van der Waals surface area contributed by atoms with E-state index < -0.39 is 11.7 Å². The van der Waals surface area contributed by atoms with Crippen LogP contribution in [0.5, 0.6) is 0 Å². The van der Waals surface area contributed by atoms with Crippen LogP contribution in [0.2, 0.25) is 0 Å². The SMILES string of the molecule is CC(=O)/C=C(\O)C(=O)N1CCCC1. The van der Waals surface area contributed by atoms with E-state index in [1.54, 1.807) is 4.90 Å². The molecule has 0 aliphatic carbocycles. The molecule has 1 N–H and O–H groups in total. The molecular weight excluding hydrogens is 170 g/mol. The first-order chi connectivity index (χ1) is 6.11. The number of ketones is 1. The van der Waals surface area contributed by atoms with Gasteiger partial charge in [-0.3, -0.25) is 9.59 Å². The molecule has 1 saturated heterocycles. The van der Waals surface area contributed by atoms with Crippen molar-refractivity contribution in [3.05, 3.63) is 11.8 Å². The number of aliphatic hydroxyl groups is 1. The highest BCUT2D eigenvalue weighted by Crippen LogP contribution is 2.10. The van der Waals surface area contributed by atoms with E-state index in [1.165, 1.54) is 6.92 Å². The normalized spacial score (nSPS) is 17.6. The van der Waals surface area contributed by atoms with Gasteiger partial charge in [-0.15, -0.1) is 0 Å². The molecule has 1 fully saturated rings. The second kappa shape index (κ2) is 4.07. The maximum atomic E-state index is 11.3. The first-order valence-corrected chi connectivity index (χ1v) is 4.32. The van der Waals surface area contributed by atoms with Crippen LogP contribution in [0.3, 0.4) is 0 Å². The van der Waals surface area contributed by atoms with Crippen molar-refractivity contribution in [2.45, 2.75) is 19.8 Å². The van der Waals surface area contributed by atoms with E-state index in [-0.39, 0.29) is 5.78 Å². The summed E-state index contributed by atoms with van der Waals surface area (Å²) < 4.78 is 0. The Morgan fingerprint density at radius 2 is 1.85 bits per heavy atom. The molecular formula is C9H13NO3. The Balaban J connectivity index is 2.60. The first-order valence-electron chi connectivity index (χ1n) is 4.32. The molecule has 13 heavy (non-hydrogen) atoms. The molecule has 0 bridgehead atoms. The van der Waals surface area contributed by atoms with E-state index in [0.29, 0.717) is 13.1 Å². The Kier molecular flexibility index (Phi) is 3.06. The summed E-state index contributed by atoms with van der Waals surface area (Å²) in [5.74, 6) is -1.20. The lowest BCUT2D eigenvalue weighted by atomic mass is 10.3. The molecule has 0 aromatic rings. The highest BCUT2D eigenvalue weighted by Gasteiger charge is 2.20. The summed E-state index contributed by atoms with van der Waals surface area (Å²) in [6.45, 7) is 2.65. The standard InChI is InChI=1S/C9H13NO3/c1-7(11)6-8(12)9(13)10-4-2-3-5-10/h6,12H,2-5H2,1H3/b8-6-. The van der Waals surface area contributed by atoms with Crippen molar-refractivity contribution in [3.63, 3.8) is 0 Å². The van der Waals surface area contributed by atoms with E-state index in [1.807, 2.05) is 0 Å². The number of nitrogens with zero attached hydrogens (tertiary/aromatic N) is 1. The zero-order valence-electron chi connectivity index (χ0n) is 7.62. The third-order valence-electron chi connectivity index (χ3n) is 1.95. The van der Waals surface area contributed by atoms with Crippen LogP contribution >= 0.6 is 0 Å². The number of amides is 1. The molecule has 0 atom stereocenters. The molecule has 4 heteroatoms. The lowest BCUT2D eigenvalue weighted by Crippen LogP contribution is -2.29. The van der Waals surface area contributed by atoms with E-state index in [4.69, 9.17) is 0 Å². The van der Waals surface area contributed by atoms with Crippen molar-refractivity contribution in [3.8, 4) is 0 Å². The third-order valence-corrected chi connectivity index (χ3v) is 1.95. The smallest absolute Gasteiger partial charge is 0.288 e. The van der Waals surface area contributed by atoms with Crippen LogP contribution in [0.25, 0.3) is 0 Å². The van der Waals surface area contributed by atoms with Gasteiger partial charge in [0, 0.05) is 19.2 Å². The van der Waals surface area contributed by atoms with E-state index in [9.17, 15) is 14.7 Å². The molecule has 0 saturated carbocycles. The number of aliphatic hydroxyl groups excluding tert-OH is 1. The molecule has 1 aliphatic heterocycles. The predicted octanol–water partition coefficient (Wildman–Crippen LogP) is 0.640. The fourth-order valence-electron chi connectivity index (χ4n) is 1.34. The molecule has 0 radical (unpaired) electrons. The molecule has 0 aromatic carbocycles. The van der Waals surface area contributed by atoms with Crippen molar-refractivity contribution >= 4 is 11.7 Å². The highest BCUT2D eigenvalue weighted by molar-refractivity contribution is 5.99. The van der Waals surface area contributed by atoms with Gasteiger partial charge in [-0.1, -0.05) is 0 Å². The van der Waals surface area contributed by atoms with Gasteiger partial charge in [0.1, 0.15) is 0 Å². The number of hydrogen-bond acceptors (Lipinski definition) is 3. The maximum absolute atomic E-state index is 11.3. The van der Waals surface area contributed by atoms with Crippen LogP contribution < -0.4 is 0 Å². The van der Waals surface area contributed by atoms with Crippen LogP contribution in [-0.4, -0.2) is 34.8 Å². The van der Waals surface area contributed by atoms with Gasteiger partial charge in [0.2, 0.25) is 0 Å².